The van der Waals surface area contributed by atoms with Crippen LogP contribution in [0, 0.1) is 5.92 Å². The van der Waals surface area contributed by atoms with Crippen LogP contribution in [-0.4, -0.2) is 5.11 Å². The summed E-state index contributed by atoms with van der Waals surface area (Å²) in [5.41, 5.74) is 2.15. The van der Waals surface area contributed by atoms with E-state index in [1.165, 1.54) is 5.56 Å². The number of aliphatic hydroxyl groups is 1. The maximum atomic E-state index is 10.4. The lowest BCUT2D eigenvalue weighted by Gasteiger charge is -2.18. The molecule has 0 heterocycles. The Balaban J connectivity index is 2.10. The van der Waals surface area contributed by atoms with Gasteiger partial charge in [-0.3, -0.25) is 0 Å². The Hall–Kier alpha value is -1.86. The second-order valence-electron chi connectivity index (χ2n) is 4.70. The van der Waals surface area contributed by atoms with E-state index in [2.05, 4.69) is 31.2 Å². The van der Waals surface area contributed by atoms with E-state index in [0.29, 0.717) is 0 Å². The molecule has 1 N–H and O–H groups in total. The summed E-state index contributed by atoms with van der Waals surface area (Å²) >= 11 is 0. The van der Waals surface area contributed by atoms with Crippen molar-refractivity contribution in [1.29, 1.82) is 0 Å². The Labute approximate surface area is 115 Å². The molecule has 0 saturated carbocycles. The topological polar surface area (TPSA) is 20.2 Å². The van der Waals surface area contributed by atoms with Gasteiger partial charge in [-0.2, -0.15) is 0 Å². The third-order valence-electron chi connectivity index (χ3n) is 3.35. The molecule has 0 aliphatic rings. The van der Waals surface area contributed by atoms with Crippen molar-refractivity contribution >= 4 is 6.08 Å². The van der Waals surface area contributed by atoms with Gasteiger partial charge in [0.2, 0.25) is 0 Å². The van der Waals surface area contributed by atoms with E-state index in [-0.39, 0.29) is 5.92 Å². The highest BCUT2D eigenvalue weighted by Crippen LogP contribution is 2.26. The first-order valence-corrected chi connectivity index (χ1v) is 6.77. The lowest BCUT2D eigenvalue weighted by molar-refractivity contribution is 0.130. The third-order valence-corrected chi connectivity index (χ3v) is 3.35. The first-order valence-electron chi connectivity index (χ1n) is 6.77. The molecule has 0 radical (unpaired) electrons. The van der Waals surface area contributed by atoms with Gasteiger partial charge in [0.15, 0.2) is 0 Å². The van der Waals surface area contributed by atoms with Gasteiger partial charge in [0.05, 0.1) is 6.10 Å². The predicted octanol–water partition coefficient (Wildman–Crippen LogP) is 4.46. The third kappa shape index (κ3) is 3.80. The molecule has 0 aliphatic heterocycles. The molecular formula is C18H20O. The average Bonchev–Trinajstić information content (AvgIpc) is 2.49. The molecule has 0 aliphatic carbocycles. The minimum atomic E-state index is -0.439. The molecule has 98 valence electrons. The van der Waals surface area contributed by atoms with Crippen molar-refractivity contribution in [3.05, 3.63) is 77.9 Å². The highest BCUT2D eigenvalue weighted by molar-refractivity contribution is 5.49. The minimum Gasteiger partial charge on any atom is -0.388 e. The molecule has 0 saturated heterocycles. The Bertz CT molecular complexity index is 502. The zero-order chi connectivity index (χ0) is 13.5. The molecular weight excluding hydrogens is 232 g/mol. The summed E-state index contributed by atoms with van der Waals surface area (Å²) in [6.07, 6.45) is 4.67. The van der Waals surface area contributed by atoms with Gasteiger partial charge in [0.1, 0.15) is 0 Å². The fourth-order valence-electron chi connectivity index (χ4n) is 2.16. The quantitative estimate of drug-likeness (QED) is 0.833. The van der Waals surface area contributed by atoms with Gasteiger partial charge in [-0.1, -0.05) is 79.7 Å². The van der Waals surface area contributed by atoms with Crippen LogP contribution < -0.4 is 0 Å². The van der Waals surface area contributed by atoms with Crippen molar-refractivity contribution in [3.63, 3.8) is 0 Å². The van der Waals surface area contributed by atoms with Gasteiger partial charge in [-0.05, 0) is 17.5 Å². The zero-order valence-corrected chi connectivity index (χ0v) is 11.2. The highest BCUT2D eigenvalue weighted by Gasteiger charge is 2.15. The number of hydrogen-bond donors (Lipinski definition) is 1. The van der Waals surface area contributed by atoms with Gasteiger partial charge in [-0.25, -0.2) is 0 Å². The molecule has 2 unspecified atom stereocenters. The van der Waals surface area contributed by atoms with E-state index in [0.717, 1.165) is 12.0 Å². The Morgan fingerprint density at radius 2 is 1.53 bits per heavy atom. The fourth-order valence-corrected chi connectivity index (χ4v) is 2.16. The molecule has 1 nitrogen and oxygen atoms in total. The summed E-state index contributed by atoms with van der Waals surface area (Å²) in [4.78, 5) is 0. The Kier molecular flexibility index (Phi) is 4.93. The number of rotatable bonds is 5. The van der Waals surface area contributed by atoms with Crippen molar-refractivity contribution in [3.8, 4) is 0 Å². The second kappa shape index (κ2) is 6.91. The second-order valence-corrected chi connectivity index (χ2v) is 4.70. The van der Waals surface area contributed by atoms with Crippen LogP contribution in [0.2, 0.25) is 0 Å². The van der Waals surface area contributed by atoms with E-state index in [4.69, 9.17) is 0 Å². The summed E-state index contributed by atoms with van der Waals surface area (Å²) in [5, 5.41) is 10.4. The lowest BCUT2D eigenvalue weighted by Crippen LogP contribution is -2.09. The summed E-state index contributed by atoms with van der Waals surface area (Å²) in [6, 6.07) is 20.0. The molecule has 0 fully saturated rings. The van der Waals surface area contributed by atoms with Gasteiger partial charge in [0, 0.05) is 5.92 Å². The van der Waals surface area contributed by atoms with E-state index in [1.807, 2.05) is 48.5 Å². The molecule has 2 aromatic rings. The van der Waals surface area contributed by atoms with Crippen LogP contribution >= 0.6 is 0 Å². The maximum Gasteiger partial charge on any atom is 0.0852 e. The number of hydrogen-bond acceptors (Lipinski definition) is 1. The van der Waals surface area contributed by atoms with Crippen LogP contribution in [0.25, 0.3) is 6.08 Å². The van der Waals surface area contributed by atoms with Gasteiger partial charge >= 0.3 is 0 Å². The fraction of sp³-hybridized carbons (Fsp3) is 0.222. The molecule has 1 heteroatoms. The smallest absolute Gasteiger partial charge is 0.0852 e. The molecule has 0 amide bonds. The van der Waals surface area contributed by atoms with Crippen molar-refractivity contribution in [1.82, 2.24) is 0 Å². The molecule has 0 bridgehead atoms. The standard InChI is InChI=1S/C18H20O/c1-2-16(14-13-15-9-5-3-6-10-15)18(19)17-11-7-4-8-12-17/h3-14,16,18-19H,2H2,1H3/b14-13+. The summed E-state index contributed by atoms with van der Waals surface area (Å²) in [6.45, 7) is 2.10. The van der Waals surface area contributed by atoms with E-state index in [9.17, 15) is 5.11 Å². The predicted molar refractivity (Wildman–Crippen MR) is 80.7 cm³/mol. The van der Waals surface area contributed by atoms with Gasteiger partial charge in [-0.15, -0.1) is 0 Å². The zero-order valence-electron chi connectivity index (χ0n) is 11.2. The van der Waals surface area contributed by atoms with Crippen LogP contribution in [0.1, 0.15) is 30.6 Å². The SMILES string of the molecule is CCC(/C=C/c1ccccc1)C(O)c1ccccc1. The first kappa shape index (κ1) is 13.6. The molecule has 19 heavy (non-hydrogen) atoms. The maximum absolute atomic E-state index is 10.4. The Morgan fingerprint density at radius 3 is 2.11 bits per heavy atom. The monoisotopic (exact) mass is 252 g/mol. The van der Waals surface area contributed by atoms with Crippen LogP contribution in [0.4, 0.5) is 0 Å². The summed E-state index contributed by atoms with van der Waals surface area (Å²) in [5.74, 6) is 0.141. The normalized spacial score (nSPS) is 14.4. The van der Waals surface area contributed by atoms with E-state index >= 15 is 0 Å². The van der Waals surface area contributed by atoms with Crippen LogP contribution in [0.5, 0.6) is 0 Å². The van der Waals surface area contributed by atoms with Crippen molar-refractivity contribution in [2.24, 2.45) is 5.92 Å². The molecule has 0 spiro atoms. The van der Waals surface area contributed by atoms with Crippen LogP contribution in [0.3, 0.4) is 0 Å². The van der Waals surface area contributed by atoms with Crippen molar-refractivity contribution in [2.75, 3.05) is 0 Å². The van der Waals surface area contributed by atoms with E-state index in [1.54, 1.807) is 0 Å². The largest absolute Gasteiger partial charge is 0.388 e. The number of aliphatic hydroxyl groups excluding tert-OH is 1. The number of benzene rings is 2. The Morgan fingerprint density at radius 1 is 0.947 bits per heavy atom. The van der Waals surface area contributed by atoms with Crippen LogP contribution in [-0.2, 0) is 0 Å². The summed E-state index contributed by atoms with van der Waals surface area (Å²) in [7, 11) is 0. The molecule has 2 aromatic carbocycles. The van der Waals surface area contributed by atoms with Gasteiger partial charge in [0.25, 0.3) is 0 Å². The van der Waals surface area contributed by atoms with Crippen molar-refractivity contribution in [2.45, 2.75) is 19.4 Å². The average molecular weight is 252 g/mol. The van der Waals surface area contributed by atoms with Crippen molar-refractivity contribution < 1.29 is 5.11 Å². The summed E-state index contributed by atoms with van der Waals surface area (Å²) < 4.78 is 0. The molecule has 2 rings (SSSR count). The molecule has 2 atom stereocenters. The van der Waals surface area contributed by atoms with Crippen LogP contribution in [0.15, 0.2) is 66.7 Å². The minimum absolute atomic E-state index is 0.141. The first-order chi connectivity index (χ1) is 9.31. The molecule has 0 aromatic heterocycles. The van der Waals surface area contributed by atoms with E-state index < -0.39 is 6.10 Å². The lowest BCUT2D eigenvalue weighted by atomic mass is 9.92. The highest BCUT2D eigenvalue weighted by atomic mass is 16.3. The van der Waals surface area contributed by atoms with Gasteiger partial charge < -0.3 is 5.11 Å².